The maximum Gasteiger partial charge on any atom is 0.233 e. The molecule has 2 unspecified atom stereocenters. The number of carbonyl (C=O) groups excluding carboxylic acids is 2. The molecule has 2 rings (SSSR count). The number of rotatable bonds is 6. The highest BCUT2D eigenvalue weighted by molar-refractivity contribution is 8.00. The molecule has 0 bridgehead atoms. The molecule has 0 radical (unpaired) electrons. The van der Waals surface area contributed by atoms with Crippen molar-refractivity contribution in [2.45, 2.75) is 37.0 Å². The van der Waals surface area contributed by atoms with Crippen molar-refractivity contribution >= 4 is 29.3 Å². The van der Waals surface area contributed by atoms with Gasteiger partial charge in [-0.2, -0.15) is 0 Å². The van der Waals surface area contributed by atoms with Crippen molar-refractivity contribution in [2.24, 2.45) is 0 Å². The monoisotopic (exact) mass is 342 g/mol. The molecule has 24 heavy (non-hydrogen) atoms. The number of anilines is 1. The SMILES string of the molecule is CC(=O)Nc1ccc(SC(C)C(=O)NC(C)c2ccccc2)cc1. The lowest BCUT2D eigenvalue weighted by Gasteiger charge is -2.18. The van der Waals surface area contributed by atoms with Crippen LogP contribution in [0.4, 0.5) is 5.69 Å². The summed E-state index contributed by atoms with van der Waals surface area (Å²) in [5.74, 6) is -0.0969. The third-order valence-electron chi connectivity index (χ3n) is 3.52. The number of thioether (sulfide) groups is 1. The highest BCUT2D eigenvalue weighted by Gasteiger charge is 2.17. The molecule has 0 heterocycles. The van der Waals surface area contributed by atoms with Crippen molar-refractivity contribution in [3.63, 3.8) is 0 Å². The second-order valence-corrected chi connectivity index (χ2v) is 7.02. The molecule has 5 heteroatoms. The van der Waals surface area contributed by atoms with Crippen LogP contribution >= 0.6 is 11.8 Å². The molecule has 2 atom stereocenters. The molecule has 0 saturated heterocycles. The molecule has 0 saturated carbocycles. The molecule has 2 aromatic rings. The molecular weight excluding hydrogens is 320 g/mol. The normalized spacial score (nSPS) is 13.0. The lowest BCUT2D eigenvalue weighted by molar-refractivity contribution is -0.121. The summed E-state index contributed by atoms with van der Waals surface area (Å²) in [4.78, 5) is 24.4. The minimum absolute atomic E-state index is 0.00212. The summed E-state index contributed by atoms with van der Waals surface area (Å²) in [6, 6.07) is 17.3. The van der Waals surface area contributed by atoms with E-state index in [-0.39, 0.29) is 23.1 Å². The first-order valence-electron chi connectivity index (χ1n) is 7.85. The summed E-state index contributed by atoms with van der Waals surface area (Å²) in [5, 5.41) is 5.56. The predicted molar refractivity (Wildman–Crippen MR) is 99.1 cm³/mol. The number of benzene rings is 2. The Morgan fingerprint density at radius 3 is 2.17 bits per heavy atom. The van der Waals surface area contributed by atoms with E-state index in [0.717, 1.165) is 16.1 Å². The fourth-order valence-corrected chi connectivity index (χ4v) is 3.11. The van der Waals surface area contributed by atoms with E-state index in [2.05, 4.69) is 10.6 Å². The first-order chi connectivity index (χ1) is 11.5. The minimum atomic E-state index is -0.206. The number of hydrogen-bond donors (Lipinski definition) is 2. The first kappa shape index (κ1) is 18.1. The number of nitrogens with one attached hydrogen (secondary N) is 2. The van der Waals surface area contributed by atoms with Crippen LogP contribution in [0.1, 0.15) is 32.4 Å². The Kier molecular flexibility index (Phi) is 6.44. The van der Waals surface area contributed by atoms with Crippen molar-refractivity contribution < 1.29 is 9.59 Å². The molecule has 2 amide bonds. The van der Waals surface area contributed by atoms with Gasteiger partial charge in [-0.1, -0.05) is 30.3 Å². The molecule has 0 fully saturated rings. The smallest absolute Gasteiger partial charge is 0.233 e. The van der Waals surface area contributed by atoms with E-state index < -0.39 is 0 Å². The Balaban J connectivity index is 1.90. The summed E-state index contributed by atoms with van der Waals surface area (Å²) < 4.78 is 0. The molecule has 0 aromatic heterocycles. The fourth-order valence-electron chi connectivity index (χ4n) is 2.23. The number of carbonyl (C=O) groups is 2. The minimum Gasteiger partial charge on any atom is -0.349 e. The van der Waals surface area contributed by atoms with Gasteiger partial charge in [-0.05, 0) is 43.7 Å². The van der Waals surface area contributed by atoms with Crippen LogP contribution in [0.2, 0.25) is 0 Å². The van der Waals surface area contributed by atoms with E-state index in [0.29, 0.717) is 0 Å². The zero-order valence-electron chi connectivity index (χ0n) is 14.1. The van der Waals surface area contributed by atoms with Crippen molar-refractivity contribution in [3.05, 3.63) is 60.2 Å². The van der Waals surface area contributed by atoms with E-state index in [1.165, 1.54) is 18.7 Å². The van der Waals surface area contributed by atoms with E-state index in [4.69, 9.17) is 0 Å². The van der Waals surface area contributed by atoms with Crippen molar-refractivity contribution in [1.29, 1.82) is 0 Å². The predicted octanol–water partition coefficient (Wildman–Crippen LogP) is 4.00. The van der Waals surface area contributed by atoms with Crippen LogP contribution in [-0.4, -0.2) is 17.1 Å². The van der Waals surface area contributed by atoms with Gasteiger partial charge in [0.15, 0.2) is 0 Å². The lowest BCUT2D eigenvalue weighted by atomic mass is 10.1. The van der Waals surface area contributed by atoms with Crippen LogP contribution in [0.3, 0.4) is 0 Å². The van der Waals surface area contributed by atoms with E-state index >= 15 is 0 Å². The number of amides is 2. The molecule has 0 spiro atoms. The third kappa shape index (κ3) is 5.42. The van der Waals surface area contributed by atoms with Crippen LogP contribution in [-0.2, 0) is 9.59 Å². The third-order valence-corrected chi connectivity index (χ3v) is 4.63. The van der Waals surface area contributed by atoms with Crippen LogP contribution in [0, 0.1) is 0 Å². The van der Waals surface area contributed by atoms with E-state index in [9.17, 15) is 9.59 Å². The zero-order valence-corrected chi connectivity index (χ0v) is 14.9. The molecular formula is C19H22N2O2S. The molecule has 0 aliphatic rings. The average Bonchev–Trinajstić information content (AvgIpc) is 2.56. The summed E-state index contributed by atoms with van der Waals surface area (Å²) >= 11 is 1.49. The Morgan fingerprint density at radius 2 is 1.58 bits per heavy atom. The van der Waals surface area contributed by atoms with E-state index in [1.807, 2.05) is 68.4 Å². The zero-order chi connectivity index (χ0) is 17.5. The van der Waals surface area contributed by atoms with Gasteiger partial charge in [0, 0.05) is 17.5 Å². The van der Waals surface area contributed by atoms with Gasteiger partial charge in [-0.15, -0.1) is 11.8 Å². The lowest BCUT2D eigenvalue weighted by Crippen LogP contribution is -2.33. The maximum absolute atomic E-state index is 12.4. The molecule has 2 aromatic carbocycles. The van der Waals surface area contributed by atoms with Gasteiger partial charge in [0.25, 0.3) is 0 Å². The molecule has 4 nitrogen and oxygen atoms in total. The molecule has 126 valence electrons. The highest BCUT2D eigenvalue weighted by Crippen LogP contribution is 2.25. The summed E-state index contributed by atoms with van der Waals surface area (Å²) in [7, 11) is 0. The van der Waals surface area contributed by atoms with Crippen LogP contribution < -0.4 is 10.6 Å². The molecule has 0 aliphatic carbocycles. The topological polar surface area (TPSA) is 58.2 Å². The second-order valence-electron chi connectivity index (χ2n) is 5.61. The largest absolute Gasteiger partial charge is 0.349 e. The average molecular weight is 342 g/mol. The molecule has 2 N–H and O–H groups in total. The van der Waals surface area contributed by atoms with Gasteiger partial charge in [-0.3, -0.25) is 9.59 Å². The Labute approximate surface area is 147 Å². The first-order valence-corrected chi connectivity index (χ1v) is 8.73. The Hall–Kier alpha value is -2.27. The van der Waals surface area contributed by atoms with Crippen molar-refractivity contribution in [3.8, 4) is 0 Å². The van der Waals surface area contributed by atoms with Gasteiger partial charge in [0.2, 0.25) is 11.8 Å². The summed E-state index contributed by atoms with van der Waals surface area (Å²) in [5.41, 5.74) is 1.84. The Morgan fingerprint density at radius 1 is 0.958 bits per heavy atom. The summed E-state index contributed by atoms with van der Waals surface area (Å²) in [6.45, 7) is 5.34. The molecule has 0 aliphatic heterocycles. The van der Waals surface area contributed by atoms with Gasteiger partial charge >= 0.3 is 0 Å². The van der Waals surface area contributed by atoms with Gasteiger partial charge in [0.05, 0.1) is 11.3 Å². The van der Waals surface area contributed by atoms with E-state index in [1.54, 1.807) is 0 Å². The Bertz CT molecular complexity index is 686. The van der Waals surface area contributed by atoms with Crippen LogP contribution in [0.15, 0.2) is 59.5 Å². The highest BCUT2D eigenvalue weighted by atomic mass is 32.2. The van der Waals surface area contributed by atoms with Crippen molar-refractivity contribution in [2.75, 3.05) is 5.32 Å². The van der Waals surface area contributed by atoms with Crippen LogP contribution in [0.5, 0.6) is 0 Å². The van der Waals surface area contributed by atoms with Gasteiger partial charge in [-0.25, -0.2) is 0 Å². The second kappa shape index (κ2) is 8.55. The van der Waals surface area contributed by atoms with Crippen molar-refractivity contribution in [1.82, 2.24) is 5.32 Å². The van der Waals surface area contributed by atoms with Gasteiger partial charge < -0.3 is 10.6 Å². The number of hydrogen-bond acceptors (Lipinski definition) is 3. The standard InChI is InChI=1S/C19H22N2O2S/c1-13(16-7-5-4-6-8-16)20-19(23)14(2)24-18-11-9-17(10-12-18)21-15(3)22/h4-14H,1-3H3,(H,20,23)(H,21,22). The van der Waals surface area contributed by atoms with Gasteiger partial charge in [0.1, 0.15) is 0 Å². The quantitative estimate of drug-likeness (QED) is 0.780. The fraction of sp³-hybridized carbons (Fsp3) is 0.263. The summed E-state index contributed by atoms with van der Waals surface area (Å²) in [6.07, 6.45) is 0. The van der Waals surface area contributed by atoms with Crippen LogP contribution in [0.25, 0.3) is 0 Å². The maximum atomic E-state index is 12.4.